The number of nitrogens with one attached hydrogen (secondary N) is 1. The quantitative estimate of drug-likeness (QED) is 0.627. The van der Waals surface area contributed by atoms with Gasteiger partial charge in [0.05, 0.1) is 13.2 Å². The number of nitrogens with zero attached hydrogens (tertiary/aromatic N) is 1. The van der Waals surface area contributed by atoms with Gasteiger partial charge in [-0.1, -0.05) is 6.07 Å². The summed E-state index contributed by atoms with van der Waals surface area (Å²) in [6, 6.07) is 7.82. The molecule has 0 saturated heterocycles. The standard InChI is InChI=1S/C12H15N3OS/c1-16-11-5-2-6-14-12(11)10(15-13)8-9-4-3-7-17-9/h2-7,10,15H,8,13H2,1H3. The lowest BCUT2D eigenvalue weighted by Gasteiger charge is -2.16. The first kappa shape index (κ1) is 12.0. The Morgan fingerprint density at radius 1 is 1.47 bits per heavy atom. The van der Waals surface area contributed by atoms with E-state index in [0.717, 1.165) is 17.9 Å². The van der Waals surface area contributed by atoms with Gasteiger partial charge >= 0.3 is 0 Å². The van der Waals surface area contributed by atoms with Crippen LogP contribution in [0, 0.1) is 0 Å². The van der Waals surface area contributed by atoms with Gasteiger partial charge in [0.25, 0.3) is 0 Å². The molecule has 4 nitrogen and oxygen atoms in total. The van der Waals surface area contributed by atoms with Gasteiger partial charge in [-0.05, 0) is 23.6 Å². The van der Waals surface area contributed by atoms with Crippen LogP contribution < -0.4 is 16.0 Å². The number of hydrogen-bond donors (Lipinski definition) is 2. The van der Waals surface area contributed by atoms with Crippen molar-refractivity contribution in [3.63, 3.8) is 0 Å². The first-order valence-corrected chi connectivity index (χ1v) is 6.20. The second-order valence-electron chi connectivity index (χ2n) is 3.59. The maximum Gasteiger partial charge on any atom is 0.142 e. The molecule has 0 aliphatic heterocycles. The molecule has 2 aromatic rings. The number of methoxy groups -OCH3 is 1. The minimum Gasteiger partial charge on any atom is -0.495 e. The SMILES string of the molecule is COc1cccnc1C(Cc1cccs1)NN. The highest BCUT2D eigenvalue weighted by molar-refractivity contribution is 7.09. The molecule has 2 rings (SSSR count). The molecule has 90 valence electrons. The van der Waals surface area contributed by atoms with E-state index in [4.69, 9.17) is 10.6 Å². The average molecular weight is 249 g/mol. The number of hydrazine groups is 1. The van der Waals surface area contributed by atoms with Gasteiger partial charge in [0.1, 0.15) is 11.4 Å². The van der Waals surface area contributed by atoms with Gasteiger partial charge in [-0.2, -0.15) is 0 Å². The summed E-state index contributed by atoms with van der Waals surface area (Å²) < 4.78 is 5.29. The highest BCUT2D eigenvalue weighted by atomic mass is 32.1. The monoisotopic (exact) mass is 249 g/mol. The average Bonchev–Trinajstić information content (AvgIpc) is 2.89. The summed E-state index contributed by atoms with van der Waals surface area (Å²) in [5.41, 5.74) is 3.63. The molecular weight excluding hydrogens is 234 g/mol. The minimum absolute atomic E-state index is 0.0372. The molecule has 0 aromatic carbocycles. The molecule has 0 fully saturated rings. The number of pyridine rings is 1. The van der Waals surface area contributed by atoms with Crippen LogP contribution in [-0.2, 0) is 6.42 Å². The molecular formula is C12H15N3OS. The topological polar surface area (TPSA) is 60.2 Å². The maximum atomic E-state index is 5.60. The molecule has 17 heavy (non-hydrogen) atoms. The highest BCUT2D eigenvalue weighted by Crippen LogP contribution is 2.25. The lowest BCUT2D eigenvalue weighted by molar-refractivity contribution is 0.394. The molecule has 2 aromatic heterocycles. The van der Waals surface area contributed by atoms with Gasteiger partial charge in [0.15, 0.2) is 0 Å². The van der Waals surface area contributed by atoms with Crippen molar-refractivity contribution >= 4 is 11.3 Å². The number of aromatic nitrogens is 1. The third-order valence-electron chi connectivity index (χ3n) is 2.54. The van der Waals surface area contributed by atoms with Crippen LogP contribution in [0.4, 0.5) is 0 Å². The van der Waals surface area contributed by atoms with Crippen molar-refractivity contribution in [3.05, 3.63) is 46.4 Å². The Morgan fingerprint density at radius 2 is 2.35 bits per heavy atom. The predicted octanol–water partition coefficient (Wildman–Crippen LogP) is 1.90. The predicted molar refractivity (Wildman–Crippen MR) is 68.9 cm³/mol. The van der Waals surface area contributed by atoms with Crippen molar-refractivity contribution in [2.45, 2.75) is 12.5 Å². The van der Waals surface area contributed by atoms with Crippen LogP contribution in [0.3, 0.4) is 0 Å². The summed E-state index contributed by atoms with van der Waals surface area (Å²) in [6.07, 6.45) is 2.55. The van der Waals surface area contributed by atoms with Crippen LogP contribution in [0.5, 0.6) is 5.75 Å². The number of rotatable bonds is 5. The van der Waals surface area contributed by atoms with Crippen LogP contribution >= 0.6 is 11.3 Å². The lowest BCUT2D eigenvalue weighted by atomic mass is 10.1. The fourth-order valence-corrected chi connectivity index (χ4v) is 2.45. The second-order valence-corrected chi connectivity index (χ2v) is 4.63. The summed E-state index contributed by atoms with van der Waals surface area (Å²) in [5, 5.41) is 2.05. The smallest absolute Gasteiger partial charge is 0.142 e. The fraction of sp³-hybridized carbons (Fsp3) is 0.250. The van der Waals surface area contributed by atoms with Gasteiger partial charge in [0, 0.05) is 17.5 Å². The molecule has 0 aliphatic rings. The third kappa shape index (κ3) is 2.82. The van der Waals surface area contributed by atoms with Gasteiger partial charge in [-0.25, -0.2) is 0 Å². The van der Waals surface area contributed by atoms with E-state index in [1.54, 1.807) is 24.6 Å². The summed E-state index contributed by atoms with van der Waals surface area (Å²) in [6.45, 7) is 0. The fourth-order valence-electron chi connectivity index (χ4n) is 1.70. The van der Waals surface area contributed by atoms with Crippen molar-refractivity contribution < 1.29 is 4.74 Å². The zero-order chi connectivity index (χ0) is 12.1. The number of nitrogens with two attached hydrogens (primary N) is 1. The third-order valence-corrected chi connectivity index (χ3v) is 3.44. The Labute approximate surface area is 104 Å². The van der Waals surface area contributed by atoms with E-state index in [0.29, 0.717) is 0 Å². The second kappa shape index (κ2) is 5.77. The van der Waals surface area contributed by atoms with E-state index in [-0.39, 0.29) is 6.04 Å². The van der Waals surface area contributed by atoms with Crippen molar-refractivity contribution in [2.24, 2.45) is 5.84 Å². The zero-order valence-corrected chi connectivity index (χ0v) is 10.4. The summed E-state index contributed by atoms with van der Waals surface area (Å²) in [4.78, 5) is 5.60. The molecule has 1 atom stereocenters. The zero-order valence-electron chi connectivity index (χ0n) is 9.59. The van der Waals surface area contributed by atoms with Crippen molar-refractivity contribution in [3.8, 4) is 5.75 Å². The van der Waals surface area contributed by atoms with E-state index in [2.05, 4.69) is 21.9 Å². The number of thiophene rings is 1. The van der Waals surface area contributed by atoms with Gasteiger partial charge in [-0.15, -0.1) is 11.3 Å². The normalized spacial score (nSPS) is 12.4. The molecule has 0 bridgehead atoms. The summed E-state index contributed by atoms with van der Waals surface area (Å²) >= 11 is 1.71. The van der Waals surface area contributed by atoms with Gasteiger partial charge in [0.2, 0.25) is 0 Å². The van der Waals surface area contributed by atoms with E-state index in [1.807, 2.05) is 18.2 Å². The molecule has 0 spiro atoms. The first-order valence-electron chi connectivity index (χ1n) is 5.32. The van der Waals surface area contributed by atoms with E-state index in [1.165, 1.54) is 4.88 Å². The number of hydrogen-bond acceptors (Lipinski definition) is 5. The molecule has 5 heteroatoms. The van der Waals surface area contributed by atoms with Crippen LogP contribution in [0.25, 0.3) is 0 Å². The summed E-state index contributed by atoms with van der Waals surface area (Å²) in [7, 11) is 1.64. The van der Waals surface area contributed by atoms with Crippen LogP contribution in [0.15, 0.2) is 35.8 Å². The molecule has 1 unspecified atom stereocenters. The molecule has 0 saturated carbocycles. The van der Waals surface area contributed by atoms with Crippen LogP contribution in [0.1, 0.15) is 16.6 Å². The molecule has 2 heterocycles. The highest BCUT2D eigenvalue weighted by Gasteiger charge is 2.16. The van der Waals surface area contributed by atoms with E-state index < -0.39 is 0 Å². The van der Waals surface area contributed by atoms with E-state index >= 15 is 0 Å². The minimum atomic E-state index is -0.0372. The van der Waals surface area contributed by atoms with E-state index in [9.17, 15) is 0 Å². The molecule has 0 aliphatic carbocycles. The van der Waals surface area contributed by atoms with Gasteiger partial charge < -0.3 is 4.74 Å². The largest absolute Gasteiger partial charge is 0.495 e. The Kier molecular flexibility index (Phi) is 4.08. The maximum absolute atomic E-state index is 5.60. The van der Waals surface area contributed by atoms with Gasteiger partial charge in [-0.3, -0.25) is 16.3 Å². The van der Waals surface area contributed by atoms with Crippen LogP contribution in [0.2, 0.25) is 0 Å². The van der Waals surface area contributed by atoms with Crippen molar-refractivity contribution in [1.82, 2.24) is 10.4 Å². The van der Waals surface area contributed by atoms with Crippen molar-refractivity contribution in [1.29, 1.82) is 0 Å². The Balaban J connectivity index is 2.22. The Morgan fingerprint density at radius 3 is 3.00 bits per heavy atom. The van der Waals surface area contributed by atoms with Crippen LogP contribution in [-0.4, -0.2) is 12.1 Å². The first-order chi connectivity index (χ1) is 8.35. The Hall–Kier alpha value is -1.43. The lowest BCUT2D eigenvalue weighted by Crippen LogP contribution is -2.30. The number of ether oxygens (including phenoxy) is 1. The molecule has 3 N–H and O–H groups in total. The van der Waals surface area contributed by atoms with Crippen molar-refractivity contribution in [2.75, 3.05) is 7.11 Å². The molecule has 0 amide bonds. The summed E-state index contributed by atoms with van der Waals surface area (Å²) in [5.74, 6) is 6.36. The Bertz CT molecular complexity index is 459. The molecule has 0 radical (unpaired) electrons.